The highest BCUT2D eigenvalue weighted by molar-refractivity contribution is 5.33. The molecule has 1 saturated carbocycles. The van der Waals surface area contributed by atoms with E-state index < -0.39 is 0 Å². The van der Waals surface area contributed by atoms with Crippen LogP contribution in [0.5, 0.6) is 0 Å². The second-order valence-electron chi connectivity index (χ2n) is 5.15. The zero-order valence-electron chi connectivity index (χ0n) is 11.2. The first-order chi connectivity index (χ1) is 9.38. The molecule has 3 rings (SSSR count). The Bertz CT molecular complexity index is 535. The fourth-order valence-electron chi connectivity index (χ4n) is 2.69. The SMILES string of the molecule is CNC(c1cccc(C2CCC2)c1)c1ccncn1. The summed E-state index contributed by atoms with van der Waals surface area (Å²) in [5, 5.41) is 3.35. The number of aromatic nitrogens is 2. The highest BCUT2D eigenvalue weighted by Gasteiger charge is 2.21. The average Bonchev–Trinajstić information content (AvgIpc) is 2.39. The van der Waals surface area contributed by atoms with Crippen LogP contribution in [-0.4, -0.2) is 17.0 Å². The van der Waals surface area contributed by atoms with Gasteiger partial charge in [-0.2, -0.15) is 0 Å². The molecule has 1 fully saturated rings. The molecule has 0 saturated heterocycles. The van der Waals surface area contributed by atoms with Crippen molar-refractivity contribution < 1.29 is 0 Å². The molecule has 1 aromatic carbocycles. The van der Waals surface area contributed by atoms with Gasteiger partial charge in [-0.1, -0.05) is 30.7 Å². The van der Waals surface area contributed by atoms with Gasteiger partial charge in [-0.25, -0.2) is 9.97 Å². The Kier molecular flexibility index (Phi) is 3.56. The zero-order valence-corrected chi connectivity index (χ0v) is 11.2. The van der Waals surface area contributed by atoms with Gasteiger partial charge in [0.15, 0.2) is 0 Å². The van der Waals surface area contributed by atoms with Crippen LogP contribution in [0.4, 0.5) is 0 Å². The molecule has 1 N–H and O–H groups in total. The summed E-state index contributed by atoms with van der Waals surface area (Å²) in [4.78, 5) is 8.35. The van der Waals surface area contributed by atoms with Crippen LogP contribution in [0.2, 0.25) is 0 Å². The topological polar surface area (TPSA) is 37.8 Å². The third kappa shape index (κ3) is 2.51. The molecule has 0 radical (unpaired) electrons. The molecule has 3 nitrogen and oxygen atoms in total. The molecule has 1 aliphatic carbocycles. The molecule has 1 aliphatic rings. The molecular formula is C16H19N3. The Hall–Kier alpha value is -1.74. The maximum atomic E-state index is 4.36. The van der Waals surface area contributed by atoms with Crippen LogP contribution in [0.1, 0.15) is 48.0 Å². The summed E-state index contributed by atoms with van der Waals surface area (Å²) >= 11 is 0. The molecule has 98 valence electrons. The number of benzene rings is 1. The van der Waals surface area contributed by atoms with Gasteiger partial charge in [-0.15, -0.1) is 0 Å². The fraction of sp³-hybridized carbons (Fsp3) is 0.375. The molecule has 2 aromatic rings. The van der Waals surface area contributed by atoms with E-state index in [1.807, 2.05) is 13.1 Å². The van der Waals surface area contributed by atoms with E-state index in [0.717, 1.165) is 11.6 Å². The first-order valence-corrected chi connectivity index (χ1v) is 6.91. The van der Waals surface area contributed by atoms with Crippen molar-refractivity contribution in [2.75, 3.05) is 7.05 Å². The normalized spacial score (nSPS) is 16.9. The van der Waals surface area contributed by atoms with E-state index in [1.165, 1.54) is 30.4 Å². The quantitative estimate of drug-likeness (QED) is 0.910. The summed E-state index contributed by atoms with van der Waals surface area (Å²) in [6.45, 7) is 0. The summed E-state index contributed by atoms with van der Waals surface area (Å²) < 4.78 is 0. The van der Waals surface area contributed by atoms with Crippen molar-refractivity contribution in [3.8, 4) is 0 Å². The van der Waals surface area contributed by atoms with Gasteiger partial charge in [0.2, 0.25) is 0 Å². The molecule has 19 heavy (non-hydrogen) atoms. The number of hydrogen-bond acceptors (Lipinski definition) is 3. The van der Waals surface area contributed by atoms with Crippen LogP contribution < -0.4 is 5.32 Å². The van der Waals surface area contributed by atoms with Crippen LogP contribution in [-0.2, 0) is 0 Å². The van der Waals surface area contributed by atoms with Crippen LogP contribution in [0.3, 0.4) is 0 Å². The van der Waals surface area contributed by atoms with Crippen molar-refractivity contribution in [3.05, 3.63) is 59.7 Å². The molecule has 0 aliphatic heterocycles. The van der Waals surface area contributed by atoms with E-state index in [4.69, 9.17) is 0 Å². The van der Waals surface area contributed by atoms with Gasteiger partial charge in [0, 0.05) is 6.20 Å². The summed E-state index contributed by atoms with van der Waals surface area (Å²) in [6.07, 6.45) is 7.44. The third-order valence-corrected chi connectivity index (χ3v) is 4.01. The molecule has 0 amide bonds. The fourth-order valence-corrected chi connectivity index (χ4v) is 2.69. The van der Waals surface area contributed by atoms with E-state index in [9.17, 15) is 0 Å². The van der Waals surface area contributed by atoms with E-state index in [0.29, 0.717) is 0 Å². The minimum atomic E-state index is 0.142. The zero-order chi connectivity index (χ0) is 13.1. The van der Waals surface area contributed by atoms with Crippen LogP contribution >= 0.6 is 0 Å². The maximum Gasteiger partial charge on any atom is 0.115 e. The summed E-state index contributed by atoms with van der Waals surface area (Å²) in [5.41, 5.74) is 3.77. The Morgan fingerprint density at radius 2 is 2.16 bits per heavy atom. The van der Waals surface area contributed by atoms with Gasteiger partial charge in [-0.3, -0.25) is 0 Å². The van der Waals surface area contributed by atoms with E-state index >= 15 is 0 Å². The lowest BCUT2D eigenvalue weighted by molar-refractivity contribution is 0.419. The molecule has 1 aromatic heterocycles. The number of hydrogen-bond donors (Lipinski definition) is 1. The van der Waals surface area contributed by atoms with Gasteiger partial charge in [0.05, 0.1) is 11.7 Å². The lowest BCUT2D eigenvalue weighted by Crippen LogP contribution is -2.19. The van der Waals surface area contributed by atoms with Crippen LogP contribution in [0, 0.1) is 0 Å². The first-order valence-electron chi connectivity index (χ1n) is 6.91. The average molecular weight is 253 g/mol. The van der Waals surface area contributed by atoms with Crippen LogP contribution in [0.25, 0.3) is 0 Å². The van der Waals surface area contributed by atoms with Crippen molar-refractivity contribution >= 4 is 0 Å². The van der Waals surface area contributed by atoms with E-state index in [-0.39, 0.29) is 6.04 Å². The lowest BCUT2D eigenvalue weighted by Gasteiger charge is -2.27. The first kappa shape index (κ1) is 12.3. The largest absolute Gasteiger partial charge is 0.308 e. The molecule has 1 heterocycles. The van der Waals surface area contributed by atoms with Crippen molar-refractivity contribution in [1.82, 2.24) is 15.3 Å². The lowest BCUT2D eigenvalue weighted by atomic mass is 9.79. The predicted octanol–water partition coefficient (Wildman–Crippen LogP) is 3.05. The number of rotatable bonds is 4. The van der Waals surface area contributed by atoms with Gasteiger partial charge in [0.25, 0.3) is 0 Å². The van der Waals surface area contributed by atoms with Crippen molar-refractivity contribution in [3.63, 3.8) is 0 Å². The summed E-state index contributed by atoms with van der Waals surface area (Å²) in [6, 6.07) is 11.0. The Morgan fingerprint density at radius 3 is 2.79 bits per heavy atom. The van der Waals surface area contributed by atoms with Crippen molar-refractivity contribution in [1.29, 1.82) is 0 Å². The number of nitrogens with zero attached hydrogens (tertiary/aromatic N) is 2. The van der Waals surface area contributed by atoms with Gasteiger partial charge in [0.1, 0.15) is 6.33 Å². The van der Waals surface area contributed by atoms with Gasteiger partial charge < -0.3 is 5.32 Å². The van der Waals surface area contributed by atoms with Gasteiger partial charge in [-0.05, 0) is 43.0 Å². The predicted molar refractivity (Wildman–Crippen MR) is 76.0 cm³/mol. The molecular weight excluding hydrogens is 234 g/mol. The summed E-state index contributed by atoms with van der Waals surface area (Å²) in [5.74, 6) is 0.767. The highest BCUT2D eigenvalue weighted by Crippen LogP contribution is 2.37. The third-order valence-electron chi connectivity index (χ3n) is 4.01. The van der Waals surface area contributed by atoms with Crippen LogP contribution in [0.15, 0.2) is 42.9 Å². The van der Waals surface area contributed by atoms with Crippen molar-refractivity contribution in [2.45, 2.75) is 31.2 Å². The second-order valence-corrected chi connectivity index (χ2v) is 5.15. The second kappa shape index (κ2) is 5.49. The maximum absolute atomic E-state index is 4.36. The Labute approximate surface area is 114 Å². The molecule has 0 spiro atoms. The minimum absolute atomic E-state index is 0.142. The standard InChI is InChI=1S/C16H19N3/c1-17-16(15-8-9-18-11-19-15)14-7-3-6-13(10-14)12-4-2-5-12/h3,6-12,16-17H,2,4-5H2,1H3. The Balaban J connectivity index is 1.91. The van der Waals surface area contributed by atoms with E-state index in [1.54, 1.807) is 12.5 Å². The molecule has 1 unspecified atom stereocenters. The van der Waals surface area contributed by atoms with Gasteiger partial charge >= 0.3 is 0 Å². The Morgan fingerprint density at radius 1 is 1.26 bits per heavy atom. The monoisotopic (exact) mass is 253 g/mol. The molecule has 1 atom stereocenters. The molecule has 3 heteroatoms. The summed E-state index contributed by atoms with van der Waals surface area (Å²) in [7, 11) is 1.97. The molecule has 0 bridgehead atoms. The van der Waals surface area contributed by atoms with Crippen molar-refractivity contribution in [2.24, 2.45) is 0 Å². The number of nitrogens with one attached hydrogen (secondary N) is 1. The van der Waals surface area contributed by atoms with E-state index in [2.05, 4.69) is 39.6 Å². The minimum Gasteiger partial charge on any atom is -0.308 e. The smallest absolute Gasteiger partial charge is 0.115 e. The highest BCUT2D eigenvalue weighted by atomic mass is 14.9.